The molecular weight excluding hydrogens is 176 g/mol. The molecule has 1 saturated carbocycles. The standard InChI is InChI=1S/C10H19Si2/c1-2-6-10(7-3-1)12-9-5-4-8-11-12/h10H,1-9H2. The number of hydrogen-bond acceptors (Lipinski definition) is 0. The Kier molecular flexibility index (Phi) is 3.46. The second kappa shape index (κ2) is 4.61. The molecule has 2 fully saturated rings. The molecule has 2 rings (SSSR count). The van der Waals surface area contributed by atoms with Crippen LogP contribution in [0.4, 0.5) is 0 Å². The normalized spacial score (nSPS) is 29.0. The fourth-order valence-corrected chi connectivity index (χ4v) is 10.2. The van der Waals surface area contributed by atoms with E-state index >= 15 is 0 Å². The van der Waals surface area contributed by atoms with Crippen LogP contribution in [0, 0.1) is 0 Å². The SMILES string of the molecule is C1CCC([Si]2CCCC[Si]2)CC1. The summed E-state index contributed by atoms with van der Waals surface area (Å²) < 4.78 is 0. The Bertz CT molecular complexity index is 108. The summed E-state index contributed by atoms with van der Waals surface area (Å²) in [7, 11) is 1.60. The fourth-order valence-electron chi connectivity index (χ4n) is 2.58. The highest BCUT2D eigenvalue weighted by atomic mass is 29.2. The lowest BCUT2D eigenvalue weighted by molar-refractivity contribution is 0.497. The van der Waals surface area contributed by atoms with Crippen LogP contribution in [-0.4, -0.2) is 17.4 Å². The van der Waals surface area contributed by atoms with E-state index in [-0.39, 0.29) is 8.31 Å². The molecule has 0 aromatic heterocycles. The monoisotopic (exact) mass is 195 g/mol. The number of rotatable bonds is 1. The van der Waals surface area contributed by atoms with Crippen molar-refractivity contribution in [1.82, 2.24) is 0 Å². The maximum atomic E-state index is 1.67. The Hall–Kier alpha value is 0.434. The van der Waals surface area contributed by atoms with Gasteiger partial charge in [0.2, 0.25) is 0 Å². The van der Waals surface area contributed by atoms with Gasteiger partial charge in [-0.2, -0.15) is 0 Å². The molecule has 0 spiro atoms. The molecule has 1 heterocycles. The molecule has 2 heteroatoms. The van der Waals surface area contributed by atoms with Gasteiger partial charge in [0.15, 0.2) is 0 Å². The van der Waals surface area contributed by atoms with Gasteiger partial charge in [-0.1, -0.05) is 57.0 Å². The van der Waals surface area contributed by atoms with Gasteiger partial charge in [0.05, 0.1) is 0 Å². The molecule has 67 valence electrons. The zero-order chi connectivity index (χ0) is 8.23. The summed E-state index contributed by atoms with van der Waals surface area (Å²) in [5.41, 5.74) is 1.25. The van der Waals surface area contributed by atoms with E-state index in [9.17, 15) is 0 Å². The molecule has 1 aliphatic carbocycles. The minimum atomic E-state index is 0.179. The average molecular weight is 195 g/mol. The topological polar surface area (TPSA) is 0 Å². The molecule has 0 atom stereocenters. The van der Waals surface area contributed by atoms with Gasteiger partial charge in [-0.15, -0.1) is 0 Å². The maximum absolute atomic E-state index is 1.67. The van der Waals surface area contributed by atoms with E-state index in [1.165, 1.54) is 21.0 Å². The van der Waals surface area contributed by atoms with E-state index < -0.39 is 0 Å². The van der Waals surface area contributed by atoms with Crippen molar-refractivity contribution in [2.45, 2.75) is 62.6 Å². The first-order valence-electron chi connectivity index (χ1n) is 5.56. The van der Waals surface area contributed by atoms with Crippen molar-refractivity contribution in [3.63, 3.8) is 0 Å². The predicted molar refractivity (Wildman–Crippen MR) is 57.2 cm³/mol. The lowest BCUT2D eigenvalue weighted by Crippen LogP contribution is -2.32. The van der Waals surface area contributed by atoms with Gasteiger partial charge in [0.25, 0.3) is 0 Å². The highest BCUT2D eigenvalue weighted by molar-refractivity contribution is 7.13. The van der Waals surface area contributed by atoms with E-state index in [0.29, 0.717) is 0 Å². The second-order valence-electron chi connectivity index (χ2n) is 4.24. The molecule has 0 unspecified atom stereocenters. The first kappa shape index (κ1) is 9.01. The maximum Gasteiger partial charge on any atom is 0.0375 e. The summed E-state index contributed by atoms with van der Waals surface area (Å²) in [6.07, 6.45) is 11.0. The lowest BCUT2D eigenvalue weighted by Gasteiger charge is -2.31. The largest absolute Gasteiger partial charge is 0.0636 e. The Morgan fingerprint density at radius 2 is 1.75 bits per heavy atom. The van der Waals surface area contributed by atoms with E-state index in [1.54, 1.807) is 50.6 Å². The van der Waals surface area contributed by atoms with Gasteiger partial charge < -0.3 is 0 Å². The zero-order valence-electron chi connectivity index (χ0n) is 7.94. The first-order valence-corrected chi connectivity index (χ1v) is 9.55. The van der Waals surface area contributed by atoms with E-state index in [0.717, 1.165) is 0 Å². The summed E-state index contributed by atoms with van der Waals surface area (Å²) >= 11 is 0. The molecule has 0 N–H and O–H groups in total. The number of hydrogen-bond donors (Lipinski definition) is 0. The van der Waals surface area contributed by atoms with Gasteiger partial charge in [-0.25, -0.2) is 0 Å². The smallest absolute Gasteiger partial charge is 0.0375 e. The lowest BCUT2D eigenvalue weighted by atomic mass is 10.0. The third kappa shape index (κ3) is 2.22. The molecule has 1 saturated heterocycles. The third-order valence-corrected chi connectivity index (χ3v) is 10.9. The second-order valence-corrected chi connectivity index (χ2v) is 10.5. The van der Waals surface area contributed by atoms with Crippen LogP contribution in [-0.2, 0) is 0 Å². The van der Waals surface area contributed by atoms with Crippen LogP contribution in [0.2, 0.25) is 17.6 Å². The minimum Gasteiger partial charge on any atom is -0.0636 e. The summed E-state index contributed by atoms with van der Waals surface area (Å²) in [6, 6.07) is 3.28. The van der Waals surface area contributed by atoms with Gasteiger partial charge in [0.1, 0.15) is 0 Å². The van der Waals surface area contributed by atoms with Gasteiger partial charge in [0, 0.05) is 17.4 Å². The summed E-state index contributed by atoms with van der Waals surface area (Å²) in [4.78, 5) is 0. The molecule has 0 nitrogen and oxygen atoms in total. The van der Waals surface area contributed by atoms with Crippen molar-refractivity contribution in [3.05, 3.63) is 0 Å². The Labute approximate surface area is 80.4 Å². The van der Waals surface area contributed by atoms with Crippen molar-refractivity contribution < 1.29 is 0 Å². The van der Waals surface area contributed by atoms with Crippen LogP contribution in [0.25, 0.3) is 0 Å². The molecular formula is C10H19Si2. The van der Waals surface area contributed by atoms with Crippen molar-refractivity contribution in [1.29, 1.82) is 0 Å². The van der Waals surface area contributed by atoms with Gasteiger partial charge in [-0.05, 0) is 5.54 Å². The summed E-state index contributed by atoms with van der Waals surface area (Å²) in [5.74, 6) is 0. The quantitative estimate of drug-likeness (QED) is 0.564. The fraction of sp³-hybridized carbons (Fsp3) is 1.00. The molecule has 0 aromatic rings. The first-order chi connectivity index (χ1) is 5.97. The van der Waals surface area contributed by atoms with Crippen molar-refractivity contribution in [2.24, 2.45) is 0 Å². The molecule has 1 aliphatic heterocycles. The summed E-state index contributed by atoms with van der Waals surface area (Å²) in [5, 5.41) is 0. The zero-order valence-corrected chi connectivity index (χ0v) is 9.94. The van der Waals surface area contributed by atoms with Crippen molar-refractivity contribution >= 4 is 17.4 Å². The van der Waals surface area contributed by atoms with Crippen LogP contribution in [0.5, 0.6) is 0 Å². The molecule has 0 aromatic carbocycles. The minimum absolute atomic E-state index is 0.179. The van der Waals surface area contributed by atoms with Crippen LogP contribution in [0.15, 0.2) is 0 Å². The van der Waals surface area contributed by atoms with Crippen LogP contribution in [0.1, 0.15) is 44.9 Å². The average Bonchev–Trinajstić information content (AvgIpc) is 2.21. The van der Waals surface area contributed by atoms with Crippen molar-refractivity contribution in [3.8, 4) is 0 Å². The van der Waals surface area contributed by atoms with Crippen LogP contribution < -0.4 is 0 Å². The van der Waals surface area contributed by atoms with Crippen molar-refractivity contribution in [2.75, 3.05) is 0 Å². The highest BCUT2D eigenvalue weighted by Gasteiger charge is 2.26. The predicted octanol–water partition coefficient (Wildman–Crippen LogP) is 3.23. The molecule has 0 bridgehead atoms. The summed E-state index contributed by atoms with van der Waals surface area (Å²) in [6.45, 7) is 0. The Morgan fingerprint density at radius 1 is 0.917 bits per heavy atom. The molecule has 12 heavy (non-hydrogen) atoms. The molecule has 0 amide bonds. The van der Waals surface area contributed by atoms with E-state index in [2.05, 4.69) is 0 Å². The van der Waals surface area contributed by atoms with E-state index in [4.69, 9.17) is 0 Å². The Balaban J connectivity index is 1.80. The van der Waals surface area contributed by atoms with Crippen LogP contribution in [0.3, 0.4) is 0 Å². The van der Waals surface area contributed by atoms with Crippen LogP contribution >= 0.6 is 0 Å². The van der Waals surface area contributed by atoms with Gasteiger partial charge in [-0.3, -0.25) is 0 Å². The van der Waals surface area contributed by atoms with E-state index in [1.807, 2.05) is 0 Å². The molecule has 2 aliphatic rings. The highest BCUT2D eigenvalue weighted by Crippen LogP contribution is 2.34. The van der Waals surface area contributed by atoms with Gasteiger partial charge >= 0.3 is 0 Å². The Morgan fingerprint density at radius 3 is 2.42 bits per heavy atom. The molecule has 3 radical (unpaired) electrons. The third-order valence-electron chi connectivity index (χ3n) is 3.32.